The molecule has 0 atom stereocenters. The van der Waals surface area contributed by atoms with Crippen molar-refractivity contribution in [1.29, 1.82) is 0 Å². The lowest BCUT2D eigenvalue weighted by atomic mass is 10.2. The topological polar surface area (TPSA) is 75.3 Å². The number of anilines is 1. The second-order valence-corrected chi connectivity index (χ2v) is 7.66. The van der Waals surface area contributed by atoms with Crippen LogP contribution < -0.4 is 10.6 Å². The molecule has 5 nitrogen and oxygen atoms in total. The van der Waals surface area contributed by atoms with Crippen molar-refractivity contribution in [3.05, 3.63) is 29.8 Å². The van der Waals surface area contributed by atoms with Gasteiger partial charge in [0.1, 0.15) is 0 Å². The SMILES string of the molecule is CC(C)Nc1cccc(C(=O)NCCS(=O)(=O)CCCl)c1. The van der Waals surface area contributed by atoms with Crippen LogP contribution in [0, 0.1) is 0 Å². The van der Waals surface area contributed by atoms with Crippen molar-refractivity contribution in [2.45, 2.75) is 19.9 Å². The van der Waals surface area contributed by atoms with Gasteiger partial charge in [-0.15, -0.1) is 11.6 Å². The van der Waals surface area contributed by atoms with E-state index in [4.69, 9.17) is 11.6 Å². The van der Waals surface area contributed by atoms with Crippen molar-refractivity contribution < 1.29 is 13.2 Å². The number of sulfone groups is 1. The molecule has 0 saturated carbocycles. The summed E-state index contributed by atoms with van der Waals surface area (Å²) in [6, 6.07) is 7.35. The Morgan fingerprint density at radius 2 is 2.00 bits per heavy atom. The van der Waals surface area contributed by atoms with E-state index in [-0.39, 0.29) is 35.9 Å². The first-order chi connectivity index (χ1) is 9.84. The zero-order valence-electron chi connectivity index (χ0n) is 12.2. The Balaban J connectivity index is 2.56. The Morgan fingerprint density at radius 3 is 2.62 bits per heavy atom. The molecule has 0 aliphatic carbocycles. The summed E-state index contributed by atoms with van der Waals surface area (Å²) >= 11 is 5.41. The van der Waals surface area contributed by atoms with Crippen LogP contribution in [0.25, 0.3) is 0 Å². The van der Waals surface area contributed by atoms with Gasteiger partial charge in [-0.25, -0.2) is 8.42 Å². The minimum absolute atomic E-state index is 0.0686. The third-order valence-corrected chi connectivity index (χ3v) is 4.73. The van der Waals surface area contributed by atoms with E-state index in [0.717, 1.165) is 5.69 Å². The molecule has 118 valence electrons. The monoisotopic (exact) mass is 332 g/mol. The van der Waals surface area contributed by atoms with Crippen LogP contribution in [0.4, 0.5) is 5.69 Å². The number of rotatable bonds is 8. The van der Waals surface area contributed by atoms with E-state index >= 15 is 0 Å². The number of alkyl halides is 1. The van der Waals surface area contributed by atoms with E-state index in [9.17, 15) is 13.2 Å². The van der Waals surface area contributed by atoms with Gasteiger partial charge < -0.3 is 10.6 Å². The molecule has 0 spiro atoms. The Morgan fingerprint density at radius 1 is 1.29 bits per heavy atom. The van der Waals surface area contributed by atoms with Gasteiger partial charge in [0.05, 0.1) is 11.5 Å². The Kier molecular flexibility index (Phi) is 6.98. The number of benzene rings is 1. The summed E-state index contributed by atoms with van der Waals surface area (Å²) in [5, 5.41) is 5.81. The quantitative estimate of drug-likeness (QED) is 0.713. The lowest BCUT2D eigenvalue weighted by Gasteiger charge is -2.11. The second-order valence-electron chi connectivity index (χ2n) is 4.98. The van der Waals surface area contributed by atoms with Crippen molar-refractivity contribution in [3.8, 4) is 0 Å². The molecule has 0 saturated heterocycles. The van der Waals surface area contributed by atoms with Gasteiger partial charge in [-0.3, -0.25) is 4.79 Å². The molecule has 2 N–H and O–H groups in total. The zero-order valence-corrected chi connectivity index (χ0v) is 13.8. The Hall–Kier alpha value is -1.27. The van der Waals surface area contributed by atoms with E-state index in [1.54, 1.807) is 18.2 Å². The normalized spacial score (nSPS) is 11.4. The summed E-state index contributed by atoms with van der Waals surface area (Å²) in [6.45, 7) is 4.10. The van der Waals surface area contributed by atoms with Gasteiger partial charge in [0.2, 0.25) is 0 Å². The largest absolute Gasteiger partial charge is 0.383 e. The minimum atomic E-state index is -3.19. The molecule has 1 amide bonds. The predicted octanol–water partition coefficient (Wildman–Crippen LogP) is 1.89. The van der Waals surface area contributed by atoms with E-state index in [1.165, 1.54) is 0 Å². The highest BCUT2D eigenvalue weighted by molar-refractivity contribution is 7.91. The van der Waals surface area contributed by atoms with Crippen molar-refractivity contribution in [1.82, 2.24) is 5.32 Å². The minimum Gasteiger partial charge on any atom is -0.383 e. The van der Waals surface area contributed by atoms with Gasteiger partial charge in [-0.05, 0) is 32.0 Å². The van der Waals surface area contributed by atoms with Crippen LogP contribution in [0.5, 0.6) is 0 Å². The molecule has 1 aromatic carbocycles. The summed E-state index contributed by atoms with van der Waals surface area (Å²) in [5.41, 5.74) is 1.35. The van der Waals surface area contributed by atoms with Crippen molar-refractivity contribution >= 4 is 33.0 Å². The van der Waals surface area contributed by atoms with Crippen LogP contribution in [0.2, 0.25) is 0 Å². The van der Waals surface area contributed by atoms with Crippen molar-refractivity contribution in [3.63, 3.8) is 0 Å². The molecule has 0 bridgehead atoms. The lowest BCUT2D eigenvalue weighted by Crippen LogP contribution is -2.30. The molecular formula is C14H21ClN2O3S. The molecule has 0 aromatic heterocycles. The predicted molar refractivity (Wildman–Crippen MR) is 86.9 cm³/mol. The first kappa shape index (κ1) is 17.8. The zero-order chi connectivity index (χ0) is 15.9. The smallest absolute Gasteiger partial charge is 0.251 e. The summed E-state index contributed by atoms with van der Waals surface area (Å²) < 4.78 is 23.0. The molecule has 0 aliphatic heterocycles. The maximum absolute atomic E-state index is 12.0. The molecule has 0 aliphatic rings. The highest BCUT2D eigenvalue weighted by Crippen LogP contribution is 2.11. The molecule has 1 rings (SSSR count). The van der Waals surface area contributed by atoms with Gasteiger partial charge in [0, 0.05) is 29.7 Å². The van der Waals surface area contributed by atoms with Crippen molar-refractivity contribution in [2.75, 3.05) is 29.2 Å². The molecule has 1 aromatic rings. The average Bonchev–Trinajstić information content (AvgIpc) is 2.37. The fourth-order valence-corrected chi connectivity index (χ4v) is 3.28. The first-order valence-electron chi connectivity index (χ1n) is 6.75. The molecule has 0 heterocycles. The third-order valence-electron chi connectivity index (χ3n) is 2.67. The molecule has 0 radical (unpaired) electrons. The van der Waals surface area contributed by atoms with Gasteiger partial charge in [-0.1, -0.05) is 6.07 Å². The van der Waals surface area contributed by atoms with Crippen LogP contribution in [0.3, 0.4) is 0 Å². The number of carbonyl (C=O) groups excluding carboxylic acids is 1. The summed E-state index contributed by atoms with van der Waals surface area (Å²) in [6.07, 6.45) is 0. The molecule has 21 heavy (non-hydrogen) atoms. The number of nitrogens with one attached hydrogen (secondary N) is 2. The Labute approximate surface area is 131 Å². The van der Waals surface area contributed by atoms with Crippen LogP contribution in [0.1, 0.15) is 24.2 Å². The number of halogens is 1. The number of amides is 1. The standard InChI is InChI=1S/C14H21ClN2O3S/c1-11(2)17-13-5-3-4-12(10-13)14(18)16-7-9-21(19,20)8-6-15/h3-5,10-11,17H,6-9H2,1-2H3,(H,16,18). The molecule has 0 unspecified atom stereocenters. The molecule has 0 fully saturated rings. The summed E-state index contributed by atoms with van der Waals surface area (Å²) in [5.74, 6) is -0.393. The van der Waals surface area contributed by atoms with Crippen LogP contribution in [0.15, 0.2) is 24.3 Å². The highest BCUT2D eigenvalue weighted by atomic mass is 35.5. The summed E-state index contributed by atoms with van der Waals surface area (Å²) in [7, 11) is -3.19. The van der Waals surface area contributed by atoms with E-state index < -0.39 is 9.84 Å². The third kappa shape index (κ3) is 6.82. The second kappa shape index (κ2) is 8.24. The highest BCUT2D eigenvalue weighted by Gasteiger charge is 2.11. The molecule has 7 heteroatoms. The maximum atomic E-state index is 12.0. The van der Waals surface area contributed by atoms with Gasteiger partial charge in [-0.2, -0.15) is 0 Å². The number of carbonyl (C=O) groups is 1. The van der Waals surface area contributed by atoms with Gasteiger partial charge in [0.15, 0.2) is 9.84 Å². The Bertz CT molecular complexity index is 573. The maximum Gasteiger partial charge on any atom is 0.251 e. The number of hydrogen-bond donors (Lipinski definition) is 2. The molecular weight excluding hydrogens is 312 g/mol. The van der Waals surface area contributed by atoms with E-state index in [2.05, 4.69) is 10.6 Å². The lowest BCUT2D eigenvalue weighted by molar-refractivity contribution is 0.0956. The van der Waals surface area contributed by atoms with Crippen LogP contribution in [-0.2, 0) is 9.84 Å². The van der Waals surface area contributed by atoms with Gasteiger partial charge in [0.25, 0.3) is 5.91 Å². The average molecular weight is 333 g/mol. The fraction of sp³-hybridized carbons (Fsp3) is 0.500. The summed E-state index contributed by atoms with van der Waals surface area (Å²) in [4.78, 5) is 12.0. The fourth-order valence-electron chi connectivity index (χ4n) is 1.73. The van der Waals surface area contributed by atoms with Gasteiger partial charge >= 0.3 is 0 Å². The number of hydrogen-bond acceptors (Lipinski definition) is 4. The van der Waals surface area contributed by atoms with Crippen LogP contribution in [-0.4, -0.2) is 44.3 Å². The van der Waals surface area contributed by atoms with E-state index in [0.29, 0.717) is 5.56 Å². The van der Waals surface area contributed by atoms with Crippen LogP contribution >= 0.6 is 11.6 Å². The van der Waals surface area contributed by atoms with E-state index in [1.807, 2.05) is 19.9 Å². The first-order valence-corrected chi connectivity index (χ1v) is 9.11. The van der Waals surface area contributed by atoms with Crippen molar-refractivity contribution in [2.24, 2.45) is 0 Å².